The summed E-state index contributed by atoms with van der Waals surface area (Å²) in [4.78, 5) is 16.6. The third kappa shape index (κ3) is 4.22. The Morgan fingerprint density at radius 3 is 2.73 bits per heavy atom. The monoisotopic (exact) mass is 301 g/mol. The molecule has 0 spiro atoms. The molecule has 2 rings (SSSR count). The van der Waals surface area contributed by atoms with Crippen molar-refractivity contribution in [2.45, 2.75) is 25.8 Å². The van der Waals surface area contributed by atoms with Crippen LogP contribution in [0.1, 0.15) is 18.9 Å². The van der Waals surface area contributed by atoms with Crippen LogP contribution in [0, 0.1) is 11.3 Å². The molecule has 118 valence electrons. The van der Waals surface area contributed by atoms with Crippen molar-refractivity contribution in [3.8, 4) is 11.8 Å². The van der Waals surface area contributed by atoms with E-state index in [4.69, 9.17) is 10.00 Å². The van der Waals surface area contributed by atoms with E-state index in [1.165, 1.54) is 0 Å². The van der Waals surface area contributed by atoms with Crippen LogP contribution < -0.4 is 4.74 Å². The summed E-state index contributed by atoms with van der Waals surface area (Å²) in [7, 11) is 1.63. The molecular weight excluding hydrogens is 278 g/mol. The van der Waals surface area contributed by atoms with E-state index in [-0.39, 0.29) is 11.9 Å². The molecule has 0 radical (unpaired) electrons. The van der Waals surface area contributed by atoms with Crippen LogP contribution in [0.5, 0.6) is 5.75 Å². The Morgan fingerprint density at radius 1 is 1.36 bits per heavy atom. The van der Waals surface area contributed by atoms with Gasteiger partial charge in [0.05, 0.1) is 26.0 Å². The molecule has 5 nitrogen and oxygen atoms in total. The highest BCUT2D eigenvalue weighted by molar-refractivity contribution is 5.79. The Kier molecular flexibility index (Phi) is 5.79. The molecule has 1 heterocycles. The first-order valence-electron chi connectivity index (χ1n) is 7.65. The van der Waals surface area contributed by atoms with E-state index in [1.54, 1.807) is 7.11 Å². The van der Waals surface area contributed by atoms with Gasteiger partial charge < -0.3 is 9.64 Å². The van der Waals surface area contributed by atoms with Gasteiger partial charge >= 0.3 is 0 Å². The SMILES string of the molecule is COc1cccc(CC(=O)N2CCN([C@@H](C)CC#N)CC2)c1. The maximum Gasteiger partial charge on any atom is 0.227 e. The van der Waals surface area contributed by atoms with Crippen LogP contribution in [-0.2, 0) is 11.2 Å². The van der Waals surface area contributed by atoms with E-state index in [0.717, 1.165) is 37.5 Å². The Hall–Kier alpha value is -2.06. The molecule has 1 fully saturated rings. The van der Waals surface area contributed by atoms with Crippen LogP contribution in [0.2, 0.25) is 0 Å². The van der Waals surface area contributed by atoms with Gasteiger partial charge in [0.25, 0.3) is 0 Å². The van der Waals surface area contributed by atoms with Gasteiger partial charge in [0.2, 0.25) is 5.91 Å². The second kappa shape index (κ2) is 7.81. The van der Waals surface area contributed by atoms with Crippen molar-refractivity contribution < 1.29 is 9.53 Å². The lowest BCUT2D eigenvalue weighted by Crippen LogP contribution is -2.51. The molecule has 1 atom stereocenters. The lowest BCUT2D eigenvalue weighted by molar-refractivity contribution is -0.132. The maximum absolute atomic E-state index is 12.4. The number of benzene rings is 1. The summed E-state index contributed by atoms with van der Waals surface area (Å²) in [6.45, 7) is 5.22. The predicted octanol–water partition coefficient (Wildman–Crippen LogP) is 1.68. The predicted molar refractivity (Wildman–Crippen MR) is 84.5 cm³/mol. The van der Waals surface area contributed by atoms with Crippen molar-refractivity contribution in [3.63, 3.8) is 0 Å². The molecule has 0 bridgehead atoms. The minimum Gasteiger partial charge on any atom is -0.497 e. The molecule has 5 heteroatoms. The molecule has 22 heavy (non-hydrogen) atoms. The van der Waals surface area contributed by atoms with Crippen molar-refractivity contribution in [2.24, 2.45) is 0 Å². The quantitative estimate of drug-likeness (QED) is 0.830. The molecule has 1 amide bonds. The number of carbonyl (C=O) groups excluding carboxylic acids is 1. The highest BCUT2D eigenvalue weighted by Gasteiger charge is 2.23. The van der Waals surface area contributed by atoms with Gasteiger partial charge in [0, 0.05) is 32.2 Å². The maximum atomic E-state index is 12.4. The van der Waals surface area contributed by atoms with Crippen LogP contribution >= 0.6 is 0 Å². The van der Waals surface area contributed by atoms with Gasteiger partial charge in [0.15, 0.2) is 0 Å². The van der Waals surface area contributed by atoms with Crippen molar-refractivity contribution >= 4 is 5.91 Å². The van der Waals surface area contributed by atoms with Gasteiger partial charge in [0.1, 0.15) is 5.75 Å². The fraction of sp³-hybridized carbons (Fsp3) is 0.529. The minimum absolute atomic E-state index is 0.154. The number of ether oxygens (including phenoxy) is 1. The van der Waals surface area contributed by atoms with Gasteiger partial charge in [-0.1, -0.05) is 12.1 Å². The Balaban J connectivity index is 1.86. The zero-order chi connectivity index (χ0) is 15.9. The number of hydrogen-bond donors (Lipinski definition) is 0. The van der Waals surface area contributed by atoms with Crippen molar-refractivity contribution in [3.05, 3.63) is 29.8 Å². The molecule has 1 aromatic carbocycles. The Morgan fingerprint density at radius 2 is 2.09 bits per heavy atom. The van der Waals surface area contributed by atoms with Crippen molar-refractivity contribution in [2.75, 3.05) is 33.3 Å². The number of carbonyl (C=O) groups is 1. The van der Waals surface area contributed by atoms with Crippen LogP contribution in [0.4, 0.5) is 0 Å². The normalized spacial score (nSPS) is 16.9. The second-order valence-electron chi connectivity index (χ2n) is 5.66. The van der Waals surface area contributed by atoms with Gasteiger partial charge in [-0.25, -0.2) is 0 Å². The third-order valence-corrected chi connectivity index (χ3v) is 4.17. The van der Waals surface area contributed by atoms with Crippen molar-refractivity contribution in [1.82, 2.24) is 9.80 Å². The third-order valence-electron chi connectivity index (χ3n) is 4.17. The summed E-state index contributed by atoms with van der Waals surface area (Å²) in [5.74, 6) is 0.932. The average Bonchev–Trinajstić information content (AvgIpc) is 2.55. The number of hydrogen-bond acceptors (Lipinski definition) is 4. The van der Waals surface area contributed by atoms with E-state index in [9.17, 15) is 4.79 Å². The number of methoxy groups -OCH3 is 1. The van der Waals surface area contributed by atoms with Gasteiger partial charge in [-0.05, 0) is 24.6 Å². The van der Waals surface area contributed by atoms with Gasteiger partial charge in [-0.3, -0.25) is 9.69 Å². The minimum atomic E-state index is 0.154. The molecule has 1 saturated heterocycles. The van der Waals surface area contributed by atoms with E-state index in [1.807, 2.05) is 29.2 Å². The summed E-state index contributed by atoms with van der Waals surface area (Å²) >= 11 is 0. The number of nitrogens with zero attached hydrogens (tertiary/aromatic N) is 3. The fourth-order valence-electron chi connectivity index (χ4n) is 2.74. The first kappa shape index (κ1) is 16.3. The average molecular weight is 301 g/mol. The first-order chi connectivity index (χ1) is 10.6. The van der Waals surface area contributed by atoms with Crippen LogP contribution in [-0.4, -0.2) is 55.0 Å². The highest BCUT2D eigenvalue weighted by atomic mass is 16.5. The number of piperazine rings is 1. The summed E-state index contributed by atoms with van der Waals surface area (Å²) in [6, 6.07) is 10.1. The standard InChI is InChI=1S/C17H23N3O2/c1-14(6-7-18)19-8-10-20(11-9-19)17(21)13-15-4-3-5-16(12-15)22-2/h3-5,12,14H,6,8-11,13H2,1-2H3/t14-/m0/s1. The molecule has 0 N–H and O–H groups in total. The summed E-state index contributed by atoms with van der Waals surface area (Å²) in [5.41, 5.74) is 0.977. The lowest BCUT2D eigenvalue weighted by Gasteiger charge is -2.37. The number of amides is 1. The van der Waals surface area contributed by atoms with Crippen LogP contribution in [0.15, 0.2) is 24.3 Å². The highest BCUT2D eigenvalue weighted by Crippen LogP contribution is 2.15. The molecule has 0 unspecified atom stereocenters. The topological polar surface area (TPSA) is 56.6 Å². The van der Waals surface area contributed by atoms with Gasteiger partial charge in [-0.15, -0.1) is 0 Å². The number of rotatable bonds is 5. The summed E-state index contributed by atoms with van der Waals surface area (Å²) < 4.78 is 5.19. The largest absolute Gasteiger partial charge is 0.497 e. The first-order valence-corrected chi connectivity index (χ1v) is 7.65. The molecule has 1 aromatic rings. The fourth-order valence-corrected chi connectivity index (χ4v) is 2.74. The number of nitriles is 1. The van der Waals surface area contributed by atoms with E-state index < -0.39 is 0 Å². The van der Waals surface area contributed by atoms with Crippen molar-refractivity contribution in [1.29, 1.82) is 5.26 Å². The zero-order valence-electron chi connectivity index (χ0n) is 13.3. The zero-order valence-corrected chi connectivity index (χ0v) is 13.3. The Labute approximate surface area is 132 Å². The Bertz CT molecular complexity index is 545. The molecular formula is C17H23N3O2. The molecule has 0 saturated carbocycles. The molecule has 1 aliphatic rings. The van der Waals surface area contributed by atoms with E-state index in [2.05, 4.69) is 17.9 Å². The lowest BCUT2D eigenvalue weighted by atomic mass is 10.1. The smallest absolute Gasteiger partial charge is 0.227 e. The van der Waals surface area contributed by atoms with Gasteiger partial charge in [-0.2, -0.15) is 5.26 Å². The molecule has 0 aliphatic carbocycles. The van der Waals surface area contributed by atoms with Crippen LogP contribution in [0.25, 0.3) is 0 Å². The second-order valence-corrected chi connectivity index (χ2v) is 5.66. The van der Waals surface area contributed by atoms with E-state index >= 15 is 0 Å². The summed E-state index contributed by atoms with van der Waals surface area (Å²) in [6.07, 6.45) is 0.947. The molecule has 0 aromatic heterocycles. The summed E-state index contributed by atoms with van der Waals surface area (Å²) in [5, 5.41) is 8.76. The molecule has 1 aliphatic heterocycles. The van der Waals surface area contributed by atoms with E-state index in [0.29, 0.717) is 12.8 Å². The van der Waals surface area contributed by atoms with Crippen LogP contribution in [0.3, 0.4) is 0 Å².